The van der Waals surface area contributed by atoms with Crippen molar-refractivity contribution < 1.29 is 4.79 Å². The fraction of sp³-hybridized carbons (Fsp3) is 0.500. The van der Waals surface area contributed by atoms with Gasteiger partial charge in [-0.15, -0.1) is 0 Å². The molecule has 1 saturated heterocycles. The number of nitrogens with zero attached hydrogens (tertiary/aromatic N) is 3. The first kappa shape index (κ1) is 15.8. The minimum absolute atomic E-state index is 0.0274. The van der Waals surface area contributed by atoms with Crippen LogP contribution in [-0.4, -0.2) is 41.9 Å². The Hall–Kier alpha value is -1.57. The van der Waals surface area contributed by atoms with Gasteiger partial charge in [0.1, 0.15) is 6.04 Å². The van der Waals surface area contributed by atoms with E-state index in [2.05, 4.69) is 11.0 Å². The van der Waals surface area contributed by atoms with Gasteiger partial charge < -0.3 is 4.90 Å². The van der Waals surface area contributed by atoms with Gasteiger partial charge in [0, 0.05) is 37.1 Å². The van der Waals surface area contributed by atoms with E-state index in [9.17, 15) is 10.1 Å². The predicted octanol–water partition coefficient (Wildman–Crippen LogP) is 2.70. The first-order valence-electron chi connectivity index (χ1n) is 7.21. The van der Waals surface area contributed by atoms with Crippen LogP contribution in [0, 0.1) is 17.2 Å². The second kappa shape index (κ2) is 6.93. The molecule has 112 valence electrons. The zero-order valence-corrected chi connectivity index (χ0v) is 13.2. The molecule has 0 N–H and O–H groups in total. The molecule has 1 aromatic carbocycles. The third-order valence-electron chi connectivity index (χ3n) is 3.79. The molecule has 1 heterocycles. The Morgan fingerprint density at radius 1 is 1.19 bits per heavy atom. The van der Waals surface area contributed by atoms with E-state index < -0.39 is 0 Å². The number of piperazine rings is 1. The number of carbonyl (C=O) groups is 1. The van der Waals surface area contributed by atoms with Crippen LogP contribution in [-0.2, 0) is 4.79 Å². The zero-order valence-electron chi connectivity index (χ0n) is 12.4. The molecule has 1 fully saturated rings. The van der Waals surface area contributed by atoms with Crippen LogP contribution in [0.15, 0.2) is 24.3 Å². The first-order valence-corrected chi connectivity index (χ1v) is 7.58. The maximum Gasteiger partial charge on any atom is 0.225 e. The fourth-order valence-corrected chi connectivity index (χ4v) is 2.70. The molecule has 21 heavy (non-hydrogen) atoms. The van der Waals surface area contributed by atoms with Gasteiger partial charge in [-0.3, -0.25) is 9.69 Å². The van der Waals surface area contributed by atoms with Crippen molar-refractivity contribution in [2.45, 2.75) is 19.9 Å². The summed E-state index contributed by atoms with van der Waals surface area (Å²) < 4.78 is 0. The molecule has 1 aliphatic rings. The number of hydrogen-bond donors (Lipinski definition) is 0. The lowest BCUT2D eigenvalue weighted by Crippen LogP contribution is -2.50. The van der Waals surface area contributed by atoms with E-state index >= 15 is 0 Å². The van der Waals surface area contributed by atoms with Crippen molar-refractivity contribution in [3.63, 3.8) is 0 Å². The average Bonchev–Trinajstić information content (AvgIpc) is 2.50. The summed E-state index contributed by atoms with van der Waals surface area (Å²) in [6.45, 7) is 6.64. The first-order chi connectivity index (χ1) is 10.0. The summed E-state index contributed by atoms with van der Waals surface area (Å²) in [6, 6.07) is 9.47. The zero-order chi connectivity index (χ0) is 15.4. The number of nitriles is 1. The van der Waals surface area contributed by atoms with Crippen LogP contribution in [0.5, 0.6) is 0 Å². The minimum atomic E-state index is -0.279. The van der Waals surface area contributed by atoms with Gasteiger partial charge in [0.15, 0.2) is 0 Å². The lowest BCUT2D eigenvalue weighted by atomic mass is 10.1. The van der Waals surface area contributed by atoms with E-state index in [1.807, 2.05) is 30.9 Å². The van der Waals surface area contributed by atoms with Crippen molar-refractivity contribution in [2.24, 2.45) is 5.92 Å². The maximum atomic E-state index is 12.0. The molecular weight excluding hydrogens is 286 g/mol. The second-order valence-corrected chi connectivity index (χ2v) is 6.04. The number of amides is 1. The number of halogens is 1. The molecule has 5 heteroatoms. The Balaban J connectivity index is 2.01. The van der Waals surface area contributed by atoms with Gasteiger partial charge in [0.25, 0.3) is 0 Å². The van der Waals surface area contributed by atoms with Gasteiger partial charge >= 0.3 is 0 Å². The van der Waals surface area contributed by atoms with Gasteiger partial charge in [0.05, 0.1) is 6.07 Å². The van der Waals surface area contributed by atoms with Crippen molar-refractivity contribution in [1.29, 1.82) is 5.26 Å². The number of carbonyl (C=O) groups excluding carboxylic acids is 1. The van der Waals surface area contributed by atoms with E-state index in [1.54, 1.807) is 12.1 Å². The van der Waals surface area contributed by atoms with Crippen LogP contribution >= 0.6 is 11.6 Å². The average molecular weight is 306 g/mol. The standard InChI is InChI=1S/C16H20ClN3O/c1-12(2)16(21)20-9-7-19(8-10-20)15(11-18)13-3-5-14(17)6-4-13/h3-6,12,15H,7-10H2,1-2H3. The van der Waals surface area contributed by atoms with Crippen molar-refractivity contribution in [2.75, 3.05) is 26.2 Å². The largest absolute Gasteiger partial charge is 0.340 e. The van der Waals surface area contributed by atoms with Gasteiger partial charge in [-0.05, 0) is 17.7 Å². The Bertz CT molecular complexity index is 527. The second-order valence-electron chi connectivity index (χ2n) is 5.60. The quantitative estimate of drug-likeness (QED) is 0.862. The highest BCUT2D eigenvalue weighted by Gasteiger charge is 2.27. The minimum Gasteiger partial charge on any atom is -0.340 e. The van der Waals surface area contributed by atoms with Crippen molar-refractivity contribution >= 4 is 17.5 Å². The van der Waals surface area contributed by atoms with Crippen LogP contribution in [0.4, 0.5) is 0 Å². The van der Waals surface area contributed by atoms with Gasteiger partial charge in [-0.2, -0.15) is 5.26 Å². The Kier molecular flexibility index (Phi) is 5.22. The molecule has 0 bridgehead atoms. The fourth-order valence-electron chi connectivity index (χ4n) is 2.58. The Morgan fingerprint density at radius 2 is 1.76 bits per heavy atom. The lowest BCUT2D eigenvalue weighted by Gasteiger charge is -2.37. The SMILES string of the molecule is CC(C)C(=O)N1CCN(C(C#N)c2ccc(Cl)cc2)CC1. The summed E-state index contributed by atoms with van der Waals surface area (Å²) in [4.78, 5) is 16.0. The summed E-state index contributed by atoms with van der Waals surface area (Å²) in [5.41, 5.74) is 0.950. The molecule has 0 spiro atoms. The molecule has 0 aromatic heterocycles. The molecule has 2 rings (SSSR count). The van der Waals surface area contributed by atoms with E-state index in [0.717, 1.165) is 18.7 Å². The van der Waals surface area contributed by atoms with Gasteiger partial charge in [-0.25, -0.2) is 0 Å². The maximum absolute atomic E-state index is 12.0. The van der Waals surface area contributed by atoms with Crippen LogP contribution in [0.25, 0.3) is 0 Å². The Labute approximate surface area is 130 Å². The molecule has 1 atom stereocenters. The normalized spacial score (nSPS) is 17.6. The topological polar surface area (TPSA) is 47.3 Å². The van der Waals surface area contributed by atoms with Crippen molar-refractivity contribution in [1.82, 2.24) is 9.80 Å². The van der Waals surface area contributed by atoms with E-state index in [-0.39, 0.29) is 17.9 Å². The Morgan fingerprint density at radius 3 is 2.24 bits per heavy atom. The molecule has 0 aliphatic carbocycles. The molecule has 0 radical (unpaired) electrons. The van der Waals surface area contributed by atoms with E-state index in [0.29, 0.717) is 18.1 Å². The lowest BCUT2D eigenvalue weighted by molar-refractivity contribution is -0.136. The molecule has 1 aliphatic heterocycles. The monoisotopic (exact) mass is 305 g/mol. The highest BCUT2D eigenvalue weighted by atomic mass is 35.5. The molecule has 4 nitrogen and oxygen atoms in total. The smallest absolute Gasteiger partial charge is 0.225 e. The van der Waals surface area contributed by atoms with Crippen LogP contribution < -0.4 is 0 Å². The summed E-state index contributed by atoms with van der Waals surface area (Å²) >= 11 is 5.89. The van der Waals surface area contributed by atoms with E-state index in [1.165, 1.54) is 0 Å². The summed E-state index contributed by atoms with van der Waals surface area (Å²) in [7, 11) is 0. The van der Waals surface area contributed by atoms with Crippen LogP contribution in [0.1, 0.15) is 25.5 Å². The molecule has 1 aromatic rings. The van der Waals surface area contributed by atoms with Crippen molar-refractivity contribution in [3.8, 4) is 6.07 Å². The van der Waals surface area contributed by atoms with Crippen LogP contribution in [0.3, 0.4) is 0 Å². The van der Waals surface area contributed by atoms with Gasteiger partial charge in [-0.1, -0.05) is 37.6 Å². The summed E-state index contributed by atoms with van der Waals surface area (Å²) in [5.74, 6) is 0.217. The molecule has 0 saturated carbocycles. The summed E-state index contributed by atoms with van der Waals surface area (Å²) in [5, 5.41) is 10.1. The predicted molar refractivity (Wildman–Crippen MR) is 82.8 cm³/mol. The summed E-state index contributed by atoms with van der Waals surface area (Å²) in [6.07, 6.45) is 0. The van der Waals surface area contributed by atoms with Crippen LogP contribution in [0.2, 0.25) is 5.02 Å². The number of benzene rings is 1. The molecule has 1 unspecified atom stereocenters. The van der Waals surface area contributed by atoms with E-state index in [4.69, 9.17) is 11.6 Å². The van der Waals surface area contributed by atoms with Gasteiger partial charge in [0.2, 0.25) is 5.91 Å². The highest BCUT2D eigenvalue weighted by Crippen LogP contribution is 2.23. The molecular formula is C16H20ClN3O. The number of hydrogen-bond acceptors (Lipinski definition) is 3. The highest BCUT2D eigenvalue weighted by molar-refractivity contribution is 6.30. The van der Waals surface area contributed by atoms with Crippen molar-refractivity contribution in [3.05, 3.63) is 34.9 Å². The molecule has 1 amide bonds. The number of rotatable bonds is 3. The third-order valence-corrected chi connectivity index (χ3v) is 4.04. The third kappa shape index (κ3) is 3.75.